The third kappa shape index (κ3) is 7.58. The van der Waals surface area contributed by atoms with Crippen LogP contribution >= 0.6 is 23.4 Å². The monoisotopic (exact) mass is 302 g/mol. The van der Waals surface area contributed by atoms with Gasteiger partial charge in [-0.25, -0.2) is 4.79 Å². The van der Waals surface area contributed by atoms with Gasteiger partial charge in [-0.15, -0.1) is 11.8 Å². The van der Waals surface area contributed by atoms with E-state index in [1.165, 1.54) is 0 Å². The molecule has 0 aliphatic heterocycles. The topological polar surface area (TPSA) is 78.4 Å². The summed E-state index contributed by atoms with van der Waals surface area (Å²) in [6.45, 7) is 0.637. The summed E-state index contributed by atoms with van der Waals surface area (Å²) in [6.07, 6.45) is -0.0764. The van der Waals surface area contributed by atoms with Crippen LogP contribution in [0.5, 0.6) is 0 Å². The molecule has 0 aliphatic rings. The molecule has 0 heterocycles. The van der Waals surface area contributed by atoms with E-state index in [2.05, 4.69) is 10.6 Å². The molecule has 0 atom stereocenters. The Bertz CT molecular complexity index is 425. The lowest BCUT2D eigenvalue weighted by atomic mass is 10.4. The van der Waals surface area contributed by atoms with Crippen molar-refractivity contribution in [2.75, 3.05) is 18.8 Å². The van der Waals surface area contributed by atoms with E-state index in [4.69, 9.17) is 16.7 Å². The average Bonchev–Trinajstić information content (AvgIpc) is 2.36. The highest BCUT2D eigenvalue weighted by molar-refractivity contribution is 7.99. The van der Waals surface area contributed by atoms with E-state index in [9.17, 15) is 9.59 Å². The highest BCUT2D eigenvalue weighted by Gasteiger charge is 2.01. The molecule has 19 heavy (non-hydrogen) atoms. The number of thioether (sulfide) groups is 1. The summed E-state index contributed by atoms with van der Waals surface area (Å²) in [5.41, 5.74) is 0. The second kappa shape index (κ2) is 8.66. The van der Waals surface area contributed by atoms with Gasteiger partial charge < -0.3 is 15.7 Å². The van der Waals surface area contributed by atoms with E-state index in [1.807, 2.05) is 24.3 Å². The van der Waals surface area contributed by atoms with Gasteiger partial charge in [-0.2, -0.15) is 0 Å². The molecule has 1 aromatic carbocycles. The van der Waals surface area contributed by atoms with Crippen molar-refractivity contribution in [1.29, 1.82) is 0 Å². The summed E-state index contributed by atoms with van der Waals surface area (Å²) in [6, 6.07) is 7.11. The third-order valence-electron chi connectivity index (χ3n) is 2.09. The predicted octanol–water partition coefficient (Wildman–Crippen LogP) is 2.21. The van der Waals surface area contributed by atoms with Gasteiger partial charge >= 0.3 is 12.0 Å². The quantitative estimate of drug-likeness (QED) is 0.533. The first-order valence-corrected chi connectivity index (χ1v) is 7.06. The summed E-state index contributed by atoms with van der Waals surface area (Å²) in [7, 11) is 0. The molecule has 1 rings (SSSR count). The predicted molar refractivity (Wildman–Crippen MR) is 75.8 cm³/mol. The van der Waals surface area contributed by atoms with Crippen LogP contribution in [0.1, 0.15) is 6.42 Å². The molecule has 0 saturated carbocycles. The minimum absolute atomic E-state index is 0.0764. The first-order valence-electron chi connectivity index (χ1n) is 5.70. The number of hydrogen-bond donors (Lipinski definition) is 3. The number of carbonyl (C=O) groups is 2. The Balaban J connectivity index is 2.08. The fraction of sp³-hybridized carbons (Fsp3) is 0.333. The number of nitrogens with one attached hydrogen (secondary N) is 2. The molecule has 0 radical (unpaired) electrons. The Hall–Kier alpha value is -1.40. The third-order valence-corrected chi connectivity index (χ3v) is 3.36. The average molecular weight is 303 g/mol. The second-order valence-electron chi connectivity index (χ2n) is 3.63. The van der Waals surface area contributed by atoms with Crippen molar-refractivity contribution in [3.05, 3.63) is 29.3 Å². The van der Waals surface area contributed by atoms with Gasteiger partial charge in [0, 0.05) is 28.8 Å². The first kappa shape index (κ1) is 15.7. The van der Waals surface area contributed by atoms with E-state index in [0.29, 0.717) is 11.6 Å². The van der Waals surface area contributed by atoms with Crippen molar-refractivity contribution in [1.82, 2.24) is 10.6 Å². The maximum atomic E-state index is 11.2. The zero-order chi connectivity index (χ0) is 14.1. The van der Waals surface area contributed by atoms with Crippen molar-refractivity contribution in [3.8, 4) is 0 Å². The minimum Gasteiger partial charge on any atom is -0.481 e. The number of aliphatic carboxylic acids is 1. The Morgan fingerprint density at radius 1 is 1.16 bits per heavy atom. The molecule has 0 aliphatic carbocycles. The van der Waals surface area contributed by atoms with Crippen LogP contribution in [0.4, 0.5) is 4.79 Å². The van der Waals surface area contributed by atoms with Gasteiger partial charge in [-0.3, -0.25) is 4.79 Å². The van der Waals surface area contributed by atoms with Crippen molar-refractivity contribution in [3.63, 3.8) is 0 Å². The molecular formula is C12H15ClN2O3S. The minimum atomic E-state index is -0.932. The summed E-state index contributed by atoms with van der Waals surface area (Å²) in [5.74, 6) is -0.202. The van der Waals surface area contributed by atoms with Crippen molar-refractivity contribution >= 4 is 35.4 Å². The Morgan fingerprint density at radius 3 is 2.42 bits per heavy atom. The van der Waals surface area contributed by atoms with Crippen molar-refractivity contribution in [2.24, 2.45) is 0 Å². The van der Waals surface area contributed by atoms with Crippen LogP contribution in [0.25, 0.3) is 0 Å². The summed E-state index contributed by atoms with van der Waals surface area (Å²) in [4.78, 5) is 22.6. The Morgan fingerprint density at radius 2 is 1.79 bits per heavy atom. The lowest BCUT2D eigenvalue weighted by Gasteiger charge is -2.06. The highest BCUT2D eigenvalue weighted by atomic mass is 35.5. The van der Waals surface area contributed by atoms with Crippen LogP contribution in [0.15, 0.2) is 29.2 Å². The number of hydrogen-bond acceptors (Lipinski definition) is 3. The van der Waals surface area contributed by atoms with Gasteiger partial charge in [0.05, 0.1) is 6.42 Å². The van der Waals surface area contributed by atoms with E-state index >= 15 is 0 Å². The number of benzene rings is 1. The molecule has 0 spiro atoms. The lowest BCUT2D eigenvalue weighted by molar-refractivity contribution is -0.136. The molecule has 0 unspecified atom stereocenters. The van der Waals surface area contributed by atoms with Gasteiger partial charge in [0.2, 0.25) is 0 Å². The van der Waals surface area contributed by atoms with Gasteiger partial charge in [-0.1, -0.05) is 11.6 Å². The molecule has 1 aromatic rings. The van der Waals surface area contributed by atoms with Crippen molar-refractivity contribution < 1.29 is 14.7 Å². The number of carbonyl (C=O) groups excluding carboxylic acids is 1. The molecule has 5 nitrogen and oxygen atoms in total. The standard InChI is InChI=1S/C12H15ClN2O3S/c13-9-1-3-10(4-2-9)19-8-7-15-12(18)14-6-5-11(16)17/h1-4H,5-8H2,(H,16,17)(H2,14,15,18). The van der Waals surface area contributed by atoms with Gasteiger partial charge in [0.1, 0.15) is 0 Å². The molecule has 3 N–H and O–H groups in total. The summed E-state index contributed by atoms with van der Waals surface area (Å²) in [5, 5.41) is 14.2. The normalized spacial score (nSPS) is 9.95. The van der Waals surface area contributed by atoms with E-state index in [-0.39, 0.29) is 19.0 Å². The molecule has 104 valence electrons. The maximum absolute atomic E-state index is 11.2. The molecule has 7 heteroatoms. The van der Waals surface area contributed by atoms with Crippen LogP contribution in [0.2, 0.25) is 5.02 Å². The van der Waals surface area contributed by atoms with E-state index in [1.54, 1.807) is 11.8 Å². The van der Waals surface area contributed by atoms with Crippen LogP contribution in [-0.4, -0.2) is 35.9 Å². The van der Waals surface area contributed by atoms with E-state index in [0.717, 1.165) is 10.6 Å². The molecule has 0 saturated heterocycles. The fourth-order valence-corrected chi connectivity index (χ4v) is 2.10. The highest BCUT2D eigenvalue weighted by Crippen LogP contribution is 2.19. The van der Waals surface area contributed by atoms with Crippen LogP contribution < -0.4 is 10.6 Å². The Kier molecular flexibility index (Phi) is 7.14. The van der Waals surface area contributed by atoms with Crippen LogP contribution in [-0.2, 0) is 4.79 Å². The maximum Gasteiger partial charge on any atom is 0.314 e. The van der Waals surface area contributed by atoms with Gasteiger partial charge in [0.25, 0.3) is 0 Å². The van der Waals surface area contributed by atoms with Gasteiger partial charge in [-0.05, 0) is 24.3 Å². The molecule has 0 fully saturated rings. The molecule has 0 bridgehead atoms. The van der Waals surface area contributed by atoms with Crippen LogP contribution in [0.3, 0.4) is 0 Å². The lowest BCUT2D eigenvalue weighted by Crippen LogP contribution is -2.37. The number of carboxylic acids is 1. The number of carboxylic acid groups (broad SMARTS) is 1. The molecule has 0 aromatic heterocycles. The fourth-order valence-electron chi connectivity index (χ4n) is 1.21. The Labute approximate surface area is 120 Å². The SMILES string of the molecule is O=C(O)CCNC(=O)NCCSc1ccc(Cl)cc1. The molecule has 2 amide bonds. The summed E-state index contributed by atoms with van der Waals surface area (Å²) < 4.78 is 0. The number of urea groups is 1. The number of amides is 2. The van der Waals surface area contributed by atoms with Crippen molar-refractivity contribution in [2.45, 2.75) is 11.3 Å². The second-order valence-corrected chi connectivity index (χ2v) is 5.23. The van der Waals surface area contributed by atoms with Gasteiger partial charge in [0.15, 0.2) is 0 Å². The molecular weight excluding hydrogens is 288 g/mol. The van der Waals surface area contributed by atoms with E-state index < -0.39 is 5.97 Å². The number of halogens is 1. The number of rotatable bonds is 7. The van der Waals surface area contributed by atoms with Crippen LogP contribution in [0, 0.1) is 0 Å². The zero-order valence-electron chi connectivity index (χ0n) is 10.2. The zero-order valence-corrected chi connectivity index (χ0v) is 11.8. The largest absolute Gasteiger partial charge is 0.481 e. The first-order chi connectivity index (χ1) is 9.08. The summed E-state index contributed by atoms with van der Waals surface area (Å²) >= 11 is 7.37. The smallest absolute Gasteiger partial charge is 0.314 e.